The number of rotatable bonds is 2. The van der Waals surface area contributed by atoms with E-state index in [1.807, 2.05) is 0 Å². The highest BCUT2D eigenvalue weighted by atomic mass is 32.3. The van der Waals surface area contributed by atoms with Crippen molar-refractivity contribution in [2.75, 3.05) is 0 Å². The summed E-state index contributed by atoms with van der Waals surface area (Å²) in [7, 11) is -4.97. The Labute approximate surface area is 87.9 Å². The molecule has 2 nitrogen and oxygen atoms in total. The molecule has 0 radical (unpaired) electrons. The fourth-order valence-electron chi connectivity index (χ4n) is 1.03. The van der Waals surface area contributed by atoms with Crippen LogP contribution in [0.1, 0.15) is 11.1 Å². The van der Waals surface area contributed by atoms with Crippen molar-refractivity contribution in [2.45, 2.75) is 11.9 Å². The van der Waals surface area contributed by atoms with Crippen LogP contribution in [0.25, 0.3) is 0 Å². The van der Waals surface area contributed by atoms with E-state index in [9.17, 15) is 29.9 Å². The Bertz CT molecular complexity index is 492. The summed E-state index contributed by atoms with van der Waals surface area (Å²) in [6.45, 7) is 0. The highest BCUT2D eigenvalue weighted by Gasteiger charge is 2.31. The Kier molecular flexibility index (Phi) is 3.22. The molecule has 8 heteroatoms. The van der Waals surface area contributed by atoms with Crippen LogP contribution < -0.4 is 0 Å². The van der Waals surface area contributed by atoms with Gasteiger partial charge in [-0.15, -0.1) is 3.89 Å². The molecular weight excluding hydrogens is 255 g/mol. The number of benzene rings is 1. The molecule has 1 rings (SSSR count). The molecule has 0 N–H and O–H groups in total. The van der Waals surface area contributed by atoms with Crippen molar-refractivity contribution in [2.24, 2.45) is 0 Å². The fourth-order valence-corrected chi connectivity index (χ4v) is 1.63. The molecule has 0 fully saturated rings. The second kappa shape index (κ2) is 4.00. The van der Waals surface area contributed by atoms with Gasteiger partial charge < -0.3 is 0 Å². The Balaban J connectivity index is 3.11. The molecule has 1 aromatic carbocycles. The minimum absolute atomic E-state index is 0.126. The van der Waals surface area contributed by atoms with Crippen LogP contribution in [-0.2, 0) is 22.2 Å². The van der Waals surface area contributed by atoms with Gasteiger partial charge in [0.15, 0.2) is 0 Å². The molecule has 0 atom stereocenters. The summed E-state index contributed by atoms with van der Waals surface area (Å²) in [5, 5.41) is 0. The van der Waals surface area contributed by atoms with Crippen LogP contribution in [-0.4, -0.2) is 8.42 Å². The van der Waals surface area contributed by atoms with Crippen LogP contribution >= 0.6 is 0 Å². The zero-order chi connectivity index (χ0) is 12.6. The van der Waals surface area contributed by atoms with E-state index in [0.29, 0.717) is 12.1 Å². The molecule has 0 spiro atoms. The van der Waals surface area contributed by atoms with Gasteiger partial charge >= 0.3 is 16.4 Å². The zero-order valence-electron chi connectivity index (χ0n) is 7.55. The van der Waals surface area contributed by atoms with Crippen LogP contribution in [0.4, 0.5) is 21.4 Å². The number of hydrogen-bond donors (Lipinski definition) is 0. The van der Waals surface area contributed by atoms with Gasteiger partial charge in [0.05, 0.1) is 5.56 Å². The predicted octanol–water partition coefficient (Wildman–Crippen LogP) is 2.64. The molecule has 0 aromatic heterocycles. The van der Waals surface area contributed by atoms with Gasteiger partial charge in [-0.3, -0.25) is 0 Å². The lowest BCUT2D eigenvalue weighted by Crippen LogP contribution is -2.07. The van der Waals surface area contributed by atoms with Crippen molar-refractivity contribution in [3.63, 3.8) is 0 Å². The first-order valence-electron chi connectivity index (χ1n) is 3.87. The van der Waals surface area contributed by atoms with E-state index in [-0.39, 0.29) is 6.07 Å². The number of halogens is 5. The Hall–Kier alpha value is -1.18. The molecule has 90 valence electrons. The maximum atomic E-state index is 13.0. The fraction of sp³-hybridized carbons (Fsp3) is 0.250. The minimum atomic E-state index is -4.97. The molecule has 1 aromatic rings. The summed E-state index contributed by atoms with van der Waals surface area (Å²) in [4.78, 5) is 0. The molecule has 0 aliphatic carbocycles. The number of hydrogen-bond acceptors (Lipinski definition) is 2. The molecule has 0 unspecified atom stereocenters. The van der Waals surface area contributed by atoms with E-state index >= 15 is 0 Å². The van der Waals surface area contributed by atoms with E-state index in [1.54, 1.807) is 0 Å². The molecule has 0 amide bonds. The standard InChI is InChI=1S/C8H5F5O2S/c9-7-3-6(8(10,11)12)2-1-5(7)4-16(13,14)15/h1-3H,4H2. The predicted molar refractivity (Wildman–Crippen MR) is 45.1 cm³/mol. The van der Waals surface area contributed by atoms with Gasteiger partial charge in [0, 0.05) is 5.56 Å². The maximum absolute atomic E-state index is 13.0. The first-order valence-corrected chi connectivity index (χ1v) is 5.43. The molecule has 0 heterocycles. The van der Waals surface area contributed by atoms with Gasteiger partial charge in [-0.1, -0.05) is 6.07 Å². The van der Waals surface area contributed by atoms with Crippen LogP contribution in [0.2, 0.25) is 0 Å². The topological polar surface area (TPSA) is 34.1 Å². The van der Waals surface area contributed by atoms with E-state index in [0.717, 1.165) is 0 Å². The quantitative estimate of drug-likeness (QED) is 0.605. The lowest BCUT2D eigenvalue weighted by atomic mass is 10.1. The second-order valence-electron chi connectivity index (χ2n) is 2.99. The third kappa shape index (κ3) is 3.44. The smallest absolute Gasteiger partial charge is 0.207 e. The largest absolute Gasteiger partial charge is 0.416 e. The highest BCUT2D eigenvalue weighted by molar-refractivity contribution is 7.85. The Morgan fingerprint density at radius 2 is 1.75 bits per heavy atom. The van der Waals surface area contributed by atoms with Gasteiger partial charge in [0.2, 0.25) is 0 Å². The van der Waals surface area contributed by atoms with Gasteiger partial charge in [0.25, 0.3) is 0 Å². The Morgan fingerprint density at radius 3 is 2.12 bits per heavy atom. The summed E-state index contributed by atoms with van der Waals surface area (Å²) in [6, 6.07) is 1.21. The van der Waals surface area contributed by atoms with Gasteiger partial charge in [-0.25, -0.2) is 4.39 Å². The lowest BCUT2D eigenvalue weighted by molar-refractivity contribution is -0.137. The molecule has 0 aliphatic rings. The van der Waals surface area contributed by atoms with Crippen molar-refractivity contribution in [3.05, 3.63) is 35.1 Å². The normalized spacial score (nSPS) is 12.8. The van der Waals surface area contributed by atoms with Crippen LogP contribution in [0, 0.1) is 5.82 Å². The summed E-state index contributed by atoms with van der Waals surface area (Å²) in [5.74, 6) is -2.69. The summed E-state index contributed by atoms with van der Waals surface area (Å²) in [6.07, 6.45) is -4.73. The maximum Gasteiger partial charge on any atom is 0.416 e. The van der Waals surface area contributed by atoms with Gasteiger partial charge in [-0.2, -0.15) is 21.6 Å². The van der Waals surface area contributed by atoms with E-state index < -0.39 is 39.1 Å². The average Bonchev–Trinajstić information content (AvgIpc) is 2.04. The number of alkyl halides is 3. The zero-order valence-corrected chi connectivity index (χ0v) is 8.37. The molecule has 0 saturated carbocycles. The van der Waals surface area contributed by atoms with Gasteiger partial charge in [-0.05, 0) is 12.1 Å². The second-order valence-corrected chi connectivity index (χ2v) is 4.35. The molecular formula is C8H5F5O2S. The first kappa shape index (κ1) is 12.9. The summed E-state index contributed by atoms with van der Waals surface area (Å²) >= 11 is 0. The molecule has 16 heavy (non-hydrogen) atoms. The third-order valence-corrected chi connectivity index (χ3v) is 2.36. The third-order valence-electron chi connectivity index (χ3n) is 1.71. The summed E-state index contributed by atoms with van der Waals surface area (Å²) < 4.78 is 81.7. The molecule has 0 saturated heterocycles. The molecule has 0 aliphatic heterocycles. The van der Waals surface area contributed by atoms with Crippen molar-refractivity contribution >= 4 is 10.2 Å². The van der Waals surface area contributed by atoms with E-state index in [2.05, 4.69) is 0 Å². The first-order chi connectivity index (χ1) is 7.09. The SMILES string of the molecule is O=S(=O)(F)Cc1ccc(C(F)(F)F)cc1F. The van der Waals surface area contributed by atoms with Crippen molar-refractivity contribution in [1.29, 1.82) is 0 Å². The minimum Gasteiger partial charge on any atom is -0.207 e. The van der Waals surface area contributed by atoms with Crippen LogP contribution in [0.15, 0.2) is 18.2 Å². The van der Waals surface area contributed by atoms with Crippen molar-refractivity contribution < 1.29 is 29.9 Å². The van der Waals surface area contributed by atoms with E-state index in [4.69, 9.17) is 0 Å². The Morgan fingerprint density at radius 1 is 1.19 bits per heavy atom. The monoisotopic (exact) mass is 260 g/mol. The molecule has 0 bridgehead atoms. The lowest BCUT2D eigenvalue weighted by Gasteiger charge is -2.07. The average molecular weight is 260 g/mol. The van der Waals surface area contributed by atoms with Gasteiger partial charge in [0.1, 0.15) is 11.6 Å². The van der Waals surface area contributed by atoms with Crippen molar-refractivity contribution in [3.8, 4) is 0 Å². The van der Waals surface area contributed by atoms with Crippen LogP contribution in [0.5, 0.6) is 0 Å². The van der Waals surface area contributed by atoms with Crippen molar-refractivity contribution in [1.82, 2.24) is 0 Å². The highest BCUT2D eigenvalue weighted by Crippen LogP contribution is 2.30. The van der Waals surface area contributed by atoms with E-state index in [1.165, 1.54) is 0 Å². The van der Waals surface area contributed by atoms with Crippen LogP contribution in [0.3, 0.4) is 0 Å². The summed E-state index contributed by atoms with van der Waals surface area (Å²) in [5.41, 5.74) is -1.90.